The molecule has 0 aliphatic carbocycles. The molecule has 1 saturated heterocycles. The second-order valence-corrected chi connectivity index (χ2v) is 9.56. The number of carbonyl (C=O) groups excluding carboxylic acids is 2. The van der Waals surface area contributed by atoms with Gasteiger partial charge in [-0.1, -0.05) is 57.2 Å². The minimum atomic E-state index is -0.534. The Morgan fingerprint density at radius 3 is 2.47 bits per heavy atom. The summed E-state index contributed by atoms with van der Waals surface area (Å²) in [6.07, 6.45) is 1.40. The third-order valence-corrected chi connectivity index (χ3v) is 6.61. The first-order valence-corrected chi connectivity index (χ1v) is 12.5. The van der Waals surface area contributed by atoms with Crippen LogP contribution in [0.2, 0.25) is 0 Å². The molecular formula is C28H36N2O4. The van der Waals surface area contributed by atoms with Gasteiger partial charge in [-0.2, -0.15) is 0 Å². The van der Waals surface area contributed by atoms with E-state index in [0.717, 1.165) is 17.5 Å². The first-order valence-electron chi connectivity index (χ1n) is 12.5. The van der Waals surface area contributed by atoms with Gasteiger partial charge < -0.3 is 19.3 Å². The first-order chi connectivity index (χ1) is 16.5. The van der Waals surface area contributed by atoms with E-state index in [1.165, 1.54) is 5.56 Å². The zero-order valence-electron chi connectivity index (χ0n) is 20.5. The van der Waals surface area contributed by atoms with Crippen LogP contribution < -0.4 is 4.74 Å². The maximum atomic E-state index is 13.2. The van der Waals surface area contributed by atoms with Crippen molar-refractivity contribution in [2.75, 3.05) is 32.8 Å². The molecule has 34 heavy (non-hydrogen) atoms. The molecule has 4 rings (SSSR count). The third kappa shape index (κ3) is 5.44. The molecule has 6 nitrogen and oxygen atoms in total. The average molecular weight is 465 g/mol. The molecule has 0 unspecified atom stereocenters. The number of hydrogen-bond acceptors (Lipinski definition) is 4. The Morgan fingerprint density at radius 1 is 1.06 bits per heavy atom. The standard InChI is InChI=1S/C28H36N2O4/c1-4-25(28(32)29-14-16-33-17-15-29)34-23-11-10-21-12-13-30(26(31)18-20(2)3)27(24(21)19-23)22-8-6-5-7-9-22/h5-11,19-20,25,27H,4,12-18H2,1-3H3/t25-,27+/m1/s1. The molecule has 6 heteroatoms. The van der Waals surface area contributed by atoms with Gasteiger partial charge >= 0.3 is 0 Å². The number of rotatable bonds is 7. The molecule has 0 bridgehead atoms. The van der Waals surface area contributed by atoms with Crippen LogP contribution in [0.5, 0.6) is 5.75 Å². The van der Waals surface area contributed by atoms with E-state index >= 15 is 0 Å². The summed E-state index contributed by atoms with van der Waals surface area (Å²) in [6.45, 7) is 9.18. The third-order valence-electron chi connectivity index (χ3n) is 6.61. The fraction of sp³-hybridized carbons (Fsp3) is 0.500. The molecule has 0 saturated carbocycles. The summed E-state index contributed by atoms with van der Waals surface area (Å²) in [5.74, 6) is 1.16. The number of fused-ring (bicyclic) bond motifs is 1. The summed E-state index contributed by atoms with van der Waals surface area (Å²) in [5.41, 5.74) is 3.40. The molecule has 2 aliphatic heterocycles. The van der Waals surface area contributed by atoms with Crippen LogP contribution in [0.3, 0.4) is 0 Å². The summed E-state index contributed by atoms with van der Waals surface area (Å²) < 4.78 is 11.6. The predicted octanol–water partition coefficient (Wildman–Crippen LogP) is 4.22. The summed E-state index contributed by atoms with van der Waals surface area (Å²) in [7, 11) is 0. The largest absolute Gasteiger partial charge is 0.481 e. The molecule has 2 atom stereocenters. The van der Waals surface area contributed by atoms with E-state index in [4.69, 9.17) is 9.47 Å². The van der Waals surface area contributed by atoms with Crippen molar-refractivity contribution >= 4 is 11.8 Å². The van der Waals surface area contributed by atoms with Crippen molar-refractivity contribution in [2.45, 2.75) is 52.2 Å². The number of morpholine rings is 1. The molecule has 0 radical (unpaired) electrons. The van der Waals surface area contributed by atoms with Crippen LogP contribution in [-0.4, -0.2) is 60.6 Å². The van der Waals surface area contributed by atoms with Gasteiger partial charge in [-0.25, -0.2) is 0 Å². The number of amides is 2. The fourth-order valence-electron chi connectivity index (χ4n) is 4.86. The van der Waals surface area contributed by atoms with Gasteiger partial charge in [0.1, 0.15) is 5.75 Å². The van der Waals surface area contributed by atoms with E-state index in [1.807, 2.05) is 47.1 Å². The Kier molecular flexibility index (Phi) is 7.88. The number of ether oxygens (including phenoxy) is 2. The van der Waals surface area contributed by atoms with Gasteiger partial charge in [-0.3, -0.25) is 9.59 Å². The lowest BCUT2D eigenvalue weighted by Crippen LogP contribution is -2.47. The monoisotopic (exact) mass is 464 g/mol. The summed E-state index contributed by atoms with van der Waals surface area (Å²) in [5, 5.41) is 0. The Hall–Kier alpha value is -2.86. The van der Waals surface area contributed by atoms with Crippen LogP contribution >= 0.6 is 0 Å². The minimum absolute atomic E-state index is 0.0110. The summed E-state index contributed by atoms with van der Waals surface area (Å²) in [4.78, 5) is 30.1. The SMILES string of the molecule is CC[C@@H](Oc1ccc2c(c1)[C@H](c1ccccc1)N(C(=O)CC(C)C)CC2)C(=O)N1CCOCC1. The molecule has 0 N–H and O–H groups in total. The van der Waals surface area contributed by atoms with Crippen molar-refractivity contribution in [2.24, 2.45) is 5.92 Å². The van der Waals surface area contributed by atoms with Gasteiger partial charge in [-0.05, 0) is 47.6 Å². The minimum Gasteiger partial charge on any atom is -0.481 e. The Labute approximate surface area is 202 Å². The lowest BCUT2D eigenvalue weighted by Gasteiger charge is -2.38. The Balaban J connectivity index is 1.63. The summed E-state index contributed by atoms with van der Waals surface area (Å²) in [6, 6.07) is 16.1. The first kappa shape index (κ1) is 24.3. The van der Waals surface area contributed by atoms with Crippen LogP contribution in [0.15, 0.2) is 48.5 Å². The predicted molar refractivity (Wildman–Crippen MR) is 132 cm³/mol. The molecule has 2 amide bonds. The maximum Gasteiger partial charge on any atom is 0.263 e. The van der Waals surface area contributed by atoms with Crippen LogP contribution in [0.1, 0.15) is 56.3 Å². The van der Waals surface area contributed by atoms with Crippen molar-refractivity contribution in [3.05, 3.63) is 65.2 Å². The van der Waals surface area contributed by atoms with Gasteiger partial charge in [0, 0.05) is 26.1 Å². The van der Waals surface area contributed by atoms with Gasteiger partial charge in [0.25, 0.3) is 5.91 Å². The molecule has 0 aromatic heterocycles. The number of benzene rings is 2. The fourth-order valence-corrected chi connectivity index (χ4v) is 4.86. The van der Waals surface area contributed by atoms with E-state index in [2.05, 4.69) is 32.0 Å². The van der Waals surface area contributed by atoms with Gasteiger partial charge in [0.15, 0.2) is 6.10 Å². The normalized spacial score (nSPS) is 19.0. The maximum absolute atomic E-state index is 13.2. The smallest absolute Gasteiger partial charge is 0.263 e. The molecule has 1 fully saturated rings. The lowest BCUT2D eigenvalue weighted by atomic mass is 9.87. The second kappa shape index (κ2) is 11.0. The number of hydrogen-bond donors (Lipinski definition) is 0. The molecule has 2 aromatic rings. The van der Waals surface area contributed by atoms with Crippen molar-refractivity contribution in [3.63, 3.8) is 0 Å². The second-order valence-electron chi connectivity index (χ2n) is 9.56. The van der Waals surface area contributed by atoms with Crippen LogP contribution in [-0.2, 0) is 20.7 Å². The van der Waals surface area contributed by atoms with Gasteiger partial charge in [-0.15, -0.1) is 0 Å². The molecule has 2 aliphatic rings. The molecule has 0 spiro atoms. The molecule has 2 aromatic carbocycles. The van der Waals surface area contributed by atoms with Crippen molar-refractivity contribution < 1.29 is 19.1 Å². The highest BCUT2D eigenvalue weighted by molar-refractivity contribution is 5.81. The Bertz CT molecular complexity index is 985. The van der Waals surface area contributed by atoms with Crippen LogP contribution in [0, 0.1) is 5.92 Å². The zero-order valence-corrected chi connectivity index (χ0v) is 20.5. The van der Waals surface area contributed by atoms with E-state index in [0.29, 0.717) is 57.4 Å². The van der Waals surface area contributed by atoms with Gasteiger partial charge in [0.2, 0.25) is 5.91 Å². The Morgan fingerprint density at radius 2 is 1.79 bits per heavy atom. The molecule has 2 heterocycles. The average Bonchev–Trinajstić information content (AvgIpc) is 2.86. The summed E-state index contributed by atoms with van der Waals surface area (Å²) >= 11 is 0. The quantitative estimate of drug-likeness (QED) is 0.616. The highest BCUT2D eigenvalue weighted by atomic mass is 16.5. The van der Waals surface area contributed by atoms with E-state index in [-0.39, 0.29) is 17.9 Å². The van der Waals surface area contributed by atoms with Crippen molar-refractivity contribution in [1.29, 1.82) is 0 Å². The molecular weight excluding hydrogens is 428 g/mol. The molecule has 182 valence electrons. The van der Waals surface area contributed by atoms with E-state index in [9.17, 15) is 9.59 Å². The van der Waals surface area contributed by atoms with Crippen molar-refractivity contribution in [1.82, 2.24) is 9.80 Å². The zero-order chi connectivity index (χ0) is 24.1. The van der Waals surface area contributed by atoms with Crippen molar-refractivity contribution in [3.8, 4) is 5.75 Å². The highest BCUT2D eigenvalue weighted by Crippen LogP contribution is 2.38. The topological polar surface area (TPSA) is 59.1 Å². The van der Waals surface area contributed by atoms with E-state index in [1.54, 1.807) is 0 Å². The van der Waals surface area contributed by atoms with Gasteiger partial charge in [0.05, 0.1) is 19.3 Å². The number of carbonyl (C=O) groups is 2. The van der Waals surface area contributed by atoms with E-state index < -0.39 is 6.10 Å². The van der Waals surface area contributed by atoms with Crippen LogP contribution in [0.25, 0.3) is 0 Å². The highest BCUT2D eigenvalue weighted by Gasteiger charge is 2.33. The number of nitrogens with zero attached hydrogens (tertiary/aromatic N) is 2. The lowest BCUT2D eigenvalue weighted by molar-refractivity contribution is -0.143. The van der Waals surface area contributed by atoms with Crippen LogP contribution in [0.4, 0.5) is 0 Å².